The number of oxazole rings is 1. The van der Waals surface area contributed by atoms with Crippen molar-refractivity contribution in [3.8, 4) is 11.5 Å². The van der Waals surface area contributed by atoms with Crippen LogP contribution in [0.3, 0.4) is 0 Å². The van der Waals surface area contributed by atoms with Gasteiger partial charge in [-0.1, -0.05) is 18.2 Å². The molecule has 0 radical (unpaired) electrons. The molecule has 1 saturated heterocycles. The second-order valence-electron chi connectivity index (χ2n) is 5.74. The van der Waals surface area contributed by atoms with E-state index in [0.717, 1.165) is 5.56 Å². The van der Waals surface area contributed by atoms with Crippen molar-refractivity contribution in [3.05, 3.63) is 42.3 Å². The normalized spacial score (nSPS) is 21.8. The Bertz CT molecular complexity index is 628. The number of nitrogens with zero attached hydrogens (tertiary/aromatic N) is 2. The third kappa shape index (κ3) is 3.36. The highest BCUT2D eigenvalue weighted by Gasteiger charge is 2.26. The standard InChI is InChI=1S/C17H20N2O3/c1-12-9-19(10-13(2)22-12)16(20)8-15-11-21-17(18-15)14-6-4-3-5-7-14/h3-7,11-13H,8-10H2,1-2H3. The van der Waals surface area contributed by atoms with E-state index in [-0.39, 0.29) is 24.5 Å². The van der Waals surface area contributed by atoms with Crippen LogP contribution in [0.1, 0.15) is 19.5 Å². The van der Waals surface area contributed by atoms with Crippen LogP contribution in [0.5, 0.6) is 0 Å². The van der Waals surface area contributed by atoms with Crippen LogP contribution in [0, 0.1) is 0 Å². The zero-order chi connectivity index (χ0) is 15.5. The van der Waals surface area contributed by atoms with E-state index >= 15 is 0 Å². The lowest BCUT2D eigenvalue weighted by Gasteiger charge is -2.35. The van der Waals surface area contributed by atoms with E-state index < -0.39 is 0 Å². The Balaban J connectivity index is 1.66. The van der Waals surface area contributed by atoms with Gasteiger partial charge in [0.05, 0.1) is 24.3 Å². The summed E-state index contributed by atoms with van der Waals surface area (Å²) >= 11 is 0. The molecular weight excluding hydrogens is 280 g/mol. The van der Waals surface area contributed by atoms with Gasteiger partial charge in [-0.25, -0.2) is 4.98 Å². The number of benzene rings is 1. The van der Waals surface area contributed by atoms with Gasteiger partial charge in [-0.2, -0.15) is 0 Å². The number of carbonyl (C=O) groups excluding carboxylic acids is 1. The number of morpholine rings is 1. The van der Waals surface area contributed by atoms with Crippen molar-refractivity contribution < 1.29 is 13.9 Å². The van der Waals surface area contributed by atoms with Crippen LogP contribution < -0.4 is 0 Å². The third-order valence-corrected chi connectivity index (χ3v) is 3.68. The second-order valence-corrected chi connectivity index (χ2v) is 5.74. The zero-order valence-corrected chi connectivity index (χ0v) is 12.9. The minimum atomic E-state index is 0.0647. The largest absolute Gasteiger partial charge is 0.444 e. The predicted molar refractivity (Wildman–Crippen MR) is 82.2 cm³/mol. The van der Waals surface area contributed by atoms with Crippen molar-refractivity contribution in [3.63, 3.8) is 0 Å². The summed E-state index contributed by atoms with van der Waals surface area (Å²) in [5.41, 5.74) is 1.57. The number of aromatic nitrogens is 1. The molecule has 0 aliphatic carbocycles. The highest BCUT2D eigenvalue weighted by Crippen LogP contribution is 2.19. The number of hydrogen-bond donors (Lipinski definition) is 0. The summed E-state index contributed by atoms with van der Waals surface area (Å²) < 4.78 is 11.1. The Labute approximate surface area is 129 Å². The van der Waals surface area contributed by atoms with Gasteiger partial charge in [0.2, 0.25) is 11.8 Å². The molecule has 116 valence electrons. The fraction of sp³-hybridized carbons (Fsp3) is 0.412. The van der Waals surface area contributed by atoms with Crippen molar-refractivity contribution in [1.29, 1.82) is 0 Å². The third-order valence-electron chi connectivity index (χ3n) is 3.68. The Morgan fingerprint density at radius 1 is 1.23 bits per heavy atom. The molecule has 1 fully saturated rings. The molecule has 1 aromatic carbocycles. The van der Waals surface area contributed by atoms with E-state index in [9.17, 15) is 4.79 Å². The quantitative estimate of drug-likeness (QED) is 0.874. The summed E-state index contributed by atoms with van der Waals surface area (Å²) in [6, 6.07) is 9.67. The molecule has 3 rings (SSSR count). The maximum absolute atomic E-state index is 12.4. The maximum Gasteiger partial charge on any atom is 0.228 e. The van der Waals surface area contributed by atoms with E-state index in [0.29, 0.717) is 24.7 Å². The van der Waals surface area contributed by atoms with Crippen LogP contribution in [-0.2, 0) is 16.0 Å². The lowest BCUT2D eigenvalue weighted by molar-refractivity contribution is -0.142. The SMILES string of the molecule is CC1CN(C(=O)Cc2coc(-c3ccccc3)n2)CC(C)O1. The summed E-state index contributed by atoms with van der Waals surface area (Å²) in [6.45, 7) is 5.23. The smallest absolute Gasteiger partial charge is 0.228 e. The van der Waals surface area contributed by atoms with Crippen LogP contribution in [0.2, 0.25) is 0 Å². The molecule has 2 aromatic rings. The topological polar surface area (TPSA) is 55.6 Å². The molecule has 0 spiro atoms. The van der Waals surface area contributed by atoms with Crippen LogP contribution >= 0.6 is 0 Å². The molecule has 2 unspecified atom stereocenters. The molecule has 0 saturated carbocycles. The average Bonchev–Trinajstić information content (AvgIpc) is 2.95. The number of amides is 1. The molecule has 2 heterocycles. The maximum atomic E-state index is 12.4. The predicted octanol–water partition coefficient (Wildman–Crippen LogP) is 2.52. The van der Waals surface area contributed by atoms with Gasteiger partial charge >= 0.3 is 0 Å². The van der Waals surface area contributed by atoms with Gasteiger partial charge in [-0.3, -0.25) is 4.79 Å². The Hall–Kier alpha value is -2.14. The minimum Gasteiger partial charge on any atom is -0.444 e. The monoisotopic (exact) mass is 300 g/mol. The summed E-state index contributed by atoms with van der Waals surface area (Å²) in [5, 5.41) is 0. The first-order valence-corrected chi connectivity index (χ1v) is 7.55. The first kappa shape index (κ1) is 14.8. The average molecular weight is 300 g/mol. The zero-order valence-electron chi connectivity index (χ0n) is 12.9. The molecule has 1 aliphatic rings. The molecule has 1 aliphatic heterocycles. The minimum absolute atomic E-state index is 0.0647. The van der Waals surface area contributed by atoms with Gasteiger partial charge in [0.15, 0.2) is 0 Å². The summed E-state index contributed by atoms with van der Waals surface area (Å²) in [4.78, 5) is 18.6. The van der Waals surface area contributed by atoms with E-state index in [1.54, 1.807) is 6.26 Å². The highest BCUT2D eigenvalue weighted by atomic mass is 16.5. The van der Waals surface area contributed by atoms with E-state index in [2.05, 4.69) is 4.98 Å². The van der Waals surface area contributed by atoms with Gasteiger partial charge in [-0.05, 0) is 26.0 Å². The van der Waals surface area contributed by atoms with Crippen molar-refractivity contribution in [2.75, 3.05) is 13.1 Å². The van der Waals surface area contributed by atoms with Gasteiger partial charge in [0, 0.05) is 18.7 Å². The Kier molecular flexibility index (Phi) is 4.24. The number of hydrogen-bond acceptors (Lipinski definition) is 4. The molecule has 5 heteroatoms. The van der Waals surface area contributed by atoms with Crippen LogP contribution in [0.25, 0.3) is 11.5 Å². The Morgan fingerprint density at radius 3 is 2.59 bits per heavy atom. The summed E-state index contributed by atoms with van der Waals surface area (Å²) in [7, 11) is 0. The Morgan fingerprint density at radius 2 is 1.91 bits per heavy atom. The van der Waals surface area contributed by atoms with Crippen molar-refractivity contribution in [2.24, 2.45) is 0 Å². The first-order valence-electron chi connectivity index (χ1n) is 7.55. The van der Waals surface area contributed by atoms with Gasteiger partial charge in [0.1, 0.15) is 6.26 Å². The van der Waals surface area contributed by atoms with Crippen molar-refractivity contribution in [1.82, 2.24) is 9.88 Å². The molecule has 2 atom stereocenters. The van der Waals surface area contributed by atoms with Crippen molar-refractivity contribution in [2.45, 2.75) is 32.5 Å². The van der Waals surface area contributed by atoms with Gasteiger partial charge < -0.3 is 14.1 Å². The second kappa shape index (κ2) is 6.32. The fourth-order valence-corrected chi connectivity index (χ4v) is 2.75. The number of ether oxygens (including phenoxy) is 1. The summed E-state index contributed by atoms with van der Waals surface area (Å²) in [5.74, 6) is 0.613. The molecule has 1 aromatic heterocycles. The number of carbonyl (C=O) groups is 1. The van der Waals surface area contributed by atoms with E-state index in [1.165, 1.54) is 0 Å². The van der Waals surface area contributed by atoms with E-state index in [1.807, 2.05) is 49.1 Å². The summed E-state index contributed by atoms with van der Waals surface area (Å²) in [6.07, 6.45) is 1.97. The van der Waals surface area contributed by atoms with Crippen LogP contribution in [0.15, 0.2) is 41.0 Å². The van der Waals surface area contributed by atoms with Crippen LogP contribution in [-0.4, -0.2) is 41.1 Å². The lowest BCUT2D eigenvalue weighted by atomic mass is 10.2. The molecule has 5 nitrogen and oxygen atoms in total. The molecular formula is C17H20N2O3. The van der Waals surface area contributed by atoms with Crippen molar-refractivity contribution >= 4 is 5.91 Å². The number of rotatable bonds is 3. The first-order chi connectivity index (χ1) is 10.6. The lowest BCUT2D eigenvalue weighted by Crippen LogP contribution is -2.48. The molecule has 1 amide bonds. The molecule has 22 heavy (non-hydrogen) atoms. The molecule has 0 bridgehead atoms. The van der Waals surface area contributed by atoms with Gasteiger partial charge in [-0.15, -0.1) is 0 Å². The van der Waals surface area contributed by atoms with Crippen LogP contribution in [0.4, 0.5) is 0 Å². The highest BCUT2D eigenvalue weighted by molar-refractivity contribution is 5.78. The van der Waals surface area contributed by atoms with E-state index in [4.69, 9.17) is 9.15 Å². The molecule has 0 N–H and O–H groups in total. The van der Waals surface area contributed by atoms with Gasteiger partial charge in [0.25, 0.3) is 0 Å². The fourth-order valence-electron chi connectivity index (χ4n) is 2.75.